The largest absolute Gasteiger partial charge is 0.508 e. The minimum atomic E-state index is -0.469. The highest BCUT2D eigenvalue weighted by Crippen LogP contribution is 2.38. The Bertz CT molecular complexity index is 430. The van der Waals surface area contributed by atoms with Crippen molar-refractivity contribution in [3.05, 3.63) is 23.8 Å². The average molecular weight is 292 g/mol. The van der Waals surface area contributed by atoms with Gasteiger partial charge in [0, 0.05) is 18.1 Å². The van der Waals surface area contributed by atoms with Crippen LogP contribution in [-0.4, -0.2) is 16.3 Å². The molecule has 0 saturated carbocycles. The summed E-state index contributed by atoms with van der Waals surface area (Å²) in [6.45, 7) is 2.24. The van der Waals surface area contributed by atoms with E-state index in [9.17, 15) is 10.2 Å². The van der Waals surface area contributed by atoms with Gasteiger partial charge < -0.3 is 14.9 Å². The molecule has 0 aliphatic carbocycles. The fourth-order valence-electron chi connectivity index (χ4n) is 3.01. The van der Waals surface area contributed by atoms with Crippen LogP contribution in [0.25, 0.3) is 0 Å². The third-order valence-corrected chi connectivity index (χ3v) is 4.27. The lowest BCUT2D eigenvalue weighted by Crippen LogP contribution is -2.25. The number of aliphatic hydroxyl groups is 1. The van der Waals surface area contributed by atoms with Crippen LogP contribution in [0.5, 0.6) is 11.5 Å². The first-order valence-electron chi connectivity index (χ1n) is 8.38. The molecule has 2 N–H and O–H groups in total. The van der Waals surface area contributed by atoms with Gasteiger partial charge in [0.25, 0.3) is 0 Å². The van der Waals surface area contributed by atoms with Crippen LogP contribution in [-0.2, 0) is 0 Å². The number of rotatable bonds is 8. The van der Waals surface area contributed by atoms with E-state index in [-0.39, 0.29) is 11.9 Å². The first-order chi connectivity index (χ1) is 10.2. The number of hydrogen-bond donors (Lipinski definition) is 2. The Morgan fingerprint density at radius 1 is 1.10 bits per heavy atom. The molecular weight excluding hydrogens is 264 g/mol. The van der Waals surface area contributed by atoms with Crippen LogP contribution >= 0.6 is 0 Å². The molecule has 0 spiro atoms. The van der Waals surface area contributed by atoms with E-state index in [1.807, 2.05) is 0 Å². The van der Waals surface area contributed by atoms with E-state index in [0.29, 0.717) is 12.2 Å². The Morgan fingerprint density at radius 3 is 2.57 bits per heavy atom. The number of aliphatic hydroxyl groups excluding tert-OH is 1. The fraction of sp³-hybridized carbons (Fsp3) is 0.667. The molecule has 3 nitrogen and oxygen atoms in total. The molecule has 1 aliphatic heterocycles. The van der Waals surface area contributed by atoms with Gasteiger partial charge in [-0.15, -0.1) is 0 Å². The van der Waals surface area contributed by atoms with Crippen molar-refractivity contribution in [2.45, 2.75) is 76.9 Å². The molecule has 0 fully saturated rings. The topological polar surface area (TPSA) is 49.7 Å². The maximum absolute atomic E-state index is 10.2. The molecule has 1 aliphatic rings. The number of fused-ring (bicyclic) bond motifs is 1. The molecule has 118 valence electrons. The van der Waals surface area contributed by atoms with Crippen LogP contribution in [0.1, 0.15) is 76.4 Å². The lowest BCUT2D eigenvalue weighted by atomic mass is 9.95. The van der Waals surface area contributed by atoms with Crippen molar-refractivity contribution in [1.29, 1.82) is 0 Å². The summed E-state index contributed by atoms with van der Waals surface area (Å²) in [5.74, 6) is 0.833. The van der Waals surface area contributed by atoms with Gasteiger partial charge in [0.05, 0.1) is 6.10 Å². The number of hydrogen-bond acceptors (Lipinski definition) is 3. The lowest BCUT2D eigenvalue weighted by Gasteiger charge is -2.29. The first kappa shape index (κ1) is 16.2. The molecule has 0 radical (unpaired) electrons. The van der Waals surface area contributed by atoms with Crippen molar-refractivity contribution in [2.24, 2.45) is 0 Å². The maximum atomic E-state index is 10.2. The average Bonchev–Trinajstić information content (AvgIpc) is 2.46. The smallest absolute Gasteiger partial charge is 0.129 e. The molecule has 2 atom stereocenters. The second kappa shape index (κ2) is 8.28. The van der Waals surface area contributed by atoms with E-state index >= 15 is 0 Å². The minimum absolute atomic E-state index is 0.0740. The molecule has 0 amide bonds. The van der Waals surface area contributed by atoms with Crippen molar-refractivity contribution < 1.29 is 14.9 Å². The maximum Gasteiger partial charge on any atom is 0.129 e. The van der Waals surface area contributed by atoms with Gasteiger partial charge in [-0.05, 0) is 25.0 Å². The summed E-state index contributed by atoms with van der Waals surface area (Å²) in [5.41, 5.74) is 0.795. The third kappa shape index (κ3) is 4.92. The molecular formula is C18H28O3. The summed E-state index contributed by atoms with van der Waals surface area (Å²) in [6, 6.07) is 4.96. The van der Waals surface area contributed by atoms with Gasteiger partial charge in [-0.2, -0.15) is 0 Å². The zero-order valence-corrected chi connectivity index (χ0v) is 13.1. The van der Waals surface area contributed by atoms with Crippen LogP contribution in [0, 0.1) is 0 Å². The van der Waals surface area contributed by atoms with Crippen molar-refractivity contribution in [3.8, 4) is 11.5 Å². The molecule has 1 aromatic carbocycles. The van der Waals surface area contributed by atoms with Gasteiger partial charge in [-0.1, -0.05) is 45.4 Å². The van der Waals surface area contributed by atoms with Crippen LogP contribution in [0.3, 0.4) is 0 Å². The molecule has 3 heteroatoms. The van der Waals surface area contributed by atoms with E-state index in [1.54, 1.807) is 18.2 Å². The van der Waals surface area contributed by atoms with E-state index in [1.165, 1.54) is 38.5 Å². The number of ether oxygens (including phenoxy) is 1. The van der Waals surface area contributed by atoms with Gasteiger partial charge in [-0.3, -0.25) is 0 Å². The summed E-state index contributed by atoms with van der Waals surface area (Å²) in [6.07, 6.45) is 10.3. The van der Waals surface area contributed by atoms with Crippen LogP contribution in [0.15, 0.2) is 18.2 Å². The Morgan fingerprint density at radius 2 is 1.81 bits per heavy atom. The second-order valence-corrected chi connectivity index (χ2v) is 6.12. The monoisotopic (exact) mass is 292 g/mol. The predicted octanol–water partition coefficient (Wildman–Crippen LogP) is 4.72. The van der Waals surface area contributed by atoms with Gasteiger partial charge in [0.1, 0.15) is 17.6 Å². The highest BCUT2D eigenvalue weighted by atomic mass is 16.5. The summed E-state index contributed by atoms with van der Waals surface area (Å²) in [7, 11) is 0. The molecule has 0 bridgehead atoms. The predicted molar refractivity (Wildman–Crippen MR) is 84.7 cm³/mol. The first-order valence-corrected chi connectivity index (χ1v) is 8.38. The number of unbranched alkanes of at least 4 members (excludes halogenated alkanes) is 6. The standard InChI is InChI=1S/C18H28O3/c1-2-3-4-5-6-7-8-9-15-13-17(20)16-11-10-14(19)12-18(16)21-15/h10-12,15,17,19-20H,2-9,13H2,1H3. The van der Waals surface area contributed by atoms with Gasteiger partial charge >= 0.3 is 0 Å². The third-order valence-electron chi connectivity index (χ3n) is 4.27. The quantitative estimate of drug-likeness (QED) is 0.682. The van der Waals surface area contributed by atoms with E-state index in [0.717, 1.165) is 18.4 Å². The molecule has 0 aromatic heterocycles. The molecule has 1 heterocycles. The van der Waals surface area contributed by atoms with E-state index < -0.39 is 6.10 Å². The molecule has 21 heavy (non-hydrogen) atoms. The summed E-state index contributed by atoms with van der Waals surface area (Å²) in [4.78, 5) is 0. The lowest BCUT2D eigenvalue weighted by molar-refractivity contribution is 0.0602. The highest BCUT2D eigenvalue weighted by Gasteiger charge is 2.26. The van der Waals surface area contributed by atoms with Crippen molar-refractivity contribution >= 4 is 0 Å². The summed E-state index contributed by atoms with van der Waals surface area (Å²) < 4.78 is 5.91. The van der Waals surface area contributed by atoms with Gasteiger partial charge in [0.2, 0.25) is 0 Å². The summed E-state index contributed by atoms with van der Waals surface area (Å²) >= 11 is 0. The normalized spacial score (nSPS) is 20.9. The number of aromatic hydroxyl groups is 1. The fourth-order valence-corrected chi connectivity index (χ4v) is 3.01. The highest BCUT2D eigenvalue weighted by molar-refractivity contribution is 5.42. The zero-order chi connectivity index (χ0) is 15.1. The van der Waals surface area contributed by atoms with Crippen molar-refractivity contribution in [1.82, 2.24) is 0 Å². The minimum Gasteiger partial charge on any atom is -0.508 e. The SMILES string of the molecule is CCCCCCCCCC1CC(O)c2ccc(O)cc2O1. The molecule has 0 saturated heterocycles. The Kier molecular flexibility index (Phi) is 6.37. The number of phenolic OH excluding ortho intramolecular Hbond substituents is 1. The van der Waals surface area contributed by atoms with Crippen LogP contribution in [0.2, 0.25) is 0 Å². The van der Waals surface area contributed by atoms with Crippen LogP contribution in [0.4, 0.5) is 0 Å². The number of phenols is 1. The zero-order valence-electron chi connectivity index (χ0n) is 13.1. The Labute approximate surface area is 128 Å². The number of benzene rings is 1. The molecule has 2 unspecified atom stereocenters. The molecule has 2 rings (SSSR count). The Balaban J connectivity index is 1.71. The molecule has 1 aromatic rings. The van der Waals surface area contributed by atoms with Crippen molar-refractivity contribution in [3.63, 3.8) is 0 Å². The Hall–Kier alpha value is -1.22. The van der Waals surface area contributed by atoms with E-state index in [4.69, 9.17) is 4.74 Å². The van der Waals surface area contributed by atoms with Gasteiger partial charge in [0.15, 0.2) is 0 Å². The van der Waals surface area contributed by atoms with Crippen LogP contribution < -0.4 is 4.74 Å². The second-order valence-electron chi connectivity index (χ2n) is 6.12. The van der Waals surface area contributed by atoms with Gasteiger partial charge in [-0.25, -0.2) is 0 Å². The summed E-state index contributed by atoms with van der Waals surface area (Å²) in [5, 5.41) is 19.7. The van der Waals surface area contributed by atoms with E-state index in [2.05, 4.69) is 6.92 Å². The van der Waals surface area contributed by atoms with Crippen molar-refractivity contribution in [2.75, 3.05) is 0 Å².